The van der Waals surface area contributed by atoms with E-state index in [1.807, 2.05) is 30.3 Å². The summed E-state index contributed by atoms with van der Waals surface area (Å²) in [5.41, 5.74) is 2.50. The number of H-pyrrole nitrogens is 1. The quantitative estimate of drug-likeness (QED) is 0.436. The van der Waals surface area contributed by atoms with Gasteiger partial charge in [0, 0.05) is 24.7 Å². The molecule has 0 unspecified atom stereocenters. The number of aryl methyl sites for hydroxylation is 1. The highest BCUT2D eigenvalue weighted by atomic mass is 16.1. The minimum atomic E-state index is -0.257. The molecule has 3 heterocycles. The first-order valence-corrected chi connectivity index (χ1v) is 9.56. The van der Waals surface area contributed by atoms with E-state index in [0.29, 0.717) is 29.4 Å². The number of anilines is 2. The van der Waals surface area contributed by atoms with Gasteiger partial charge in [0.25, 0.3) is 11.3 Å². The van der Waals surface area contributed by atoms with Crippen LogP contribution in [0, 0.1) is 6.92 Å². The van der Waals surface area contributed by atoms with Gasteiger partial charge >= 0.3 is 0 Å². The number of aromatic amines is 1. The van der Waals surface area contributed by atoms with Crippen molar-refractivity contribution in [2.75, 3.05) is 10.6 Å². The maximum Gasteiger partial charge on any atom is 0.277 e. The average molecular weight is 403 g/mol. The molecule has 30 heavy (non-hydrogen) atoms. The SMILES string of the molecule is Cc1nc2nc(NCc3ccccc3)[nH]n2c(=O)c1CCC(=O)Nc1cccnc1. The van der Waals surface area contributed by atoms with Crippen molar-refractivity contribution >= 4 is 23.3 Å². The fourth-order valence-corrected chi connectivity index (χ4v) is 3.10. The second kappa shape index (κ2) is 8.56. The smallest absolute Gasteiger partial charge is 0.277 e. The number of pyridine rings is 1. The number of rotatable bonds is 7. The van der Waals surface area contributed by atoms with Gasteiger partial charge in [-0.2, -0.15) is 9.50 Å². The highest BCUT2D eigenvalue weighted by Gasteiger charge is 2.15. The Kier molecular flexibility index (Phi) is 5.51. The van der Waals surface area contributed by atoms with Crippen LogP contribution in [0.15, 0.2) is 59.7 Å². The summed E-state index contributed by atoms with van der Waals surface area (Å²) in [5, 5.41) is 8.86. The number of fused-ring (bicyclic) bond motifs is 1. The van der Waals surface area contributed by atoms with Gasteiger partial charge in [-0.25, -0.2) is 4.98 Å². The van der Waals surface area contributed by atoms with Gasteiger partial charge in [-0.05, 0) is 31.0 Å². The molecule has 0 atom stereocenters. The van der Waals surface area contributed by atoms with E-state index in [1.165, 1.54) is 4.52 Å². The molecule has 1 amide bonds. The average Bonchev–Trinajstić information content (AvgIpc) is 3.16. The number of carbonyl (C=O) groups excluding carboxylic acids is 1. The molecule has 4 rings (SSSR count). The van der Waals surface area contributed by atoms with Gasteiger partial charge in [-0.3, -0.25) is 19.7 Å². The van der Waals surface area contributed by atoms with Crippen LogP contribution in [-0.2, 0) is 17.8 Å². The molecule has 0 aliphatic rings. The summed E-state index contributed by atoms with van der Waals surface area (Å²) in [4.78, 5) is 37.8. The summed E-state index contributed by atoms with van der Waals surface area (Å²) in [6.07, 6.45) is 3.64. The first kappa shape index (κ1) is 19.3. The number of nitrogens with one attached hydrogen (secondary N) is 3. The van der Waals surface area contributed by atoms with Crippen LogP contribution in [0.1, 0.15) is 23.2 Å². The molecule has 0 radical (unpaired) electrons. The third-order valence-electron chi connectivity index (χ3n) is 4.65. The van der Waals surface area contributed by atoms with Crippen LogP contribution in [-0.4, -0.2) is 30.5 Å². The molecule has 3 N–H and O–H groups in total. The molecule has 0 aliphatic carbocycles. The summed E-state index contributed by atoms with van der Waals surface area (Å²) in [6.45, 7) is 2.32. The molecule has 9 nitrogen and oxygen atoms in total. The van der Waals surface area contributed by atoms with E-state index in [2.05, 4.69) is 30.7 Å². The van der Waals surface area contributed by atoms with Gasteiger partial charge in [0.05, 0.1) is 17.6 Å². The van der Waals surface area contributed by atoms with Gasteiger partial charge in [0.2, 0.25) is 11.9 Å². The molecule has 0 saturated heterocycles. The number of benzene rings is 1. The Morgan fingerprint density at radius 2 is 1.97 bits per heavy atom. The Balaban J connectivity index is 1.47. The molecule has 1 aromatic carbocycles. The lowest BCUT2D eigenvalue weighted by molar-refractivity contribution is -0.116. The van der Waals surface area contributed by atoms with Crippen LogP contribution in [0.4, 0.5) is 11.6 Å². The van der Waals surface area contributed by atoms with Crippen molar-refractivity contribution in [3.63, 3.8) is 0 Å². The number of aromatic nitrogens is 5. The van der Waals surface area contributed by atoms with Gasteiger partial charge in [-0.15, -0.1) is 0 Å². The van der Waals surface area contributed by atoms with E-state index < -0.39 is 0 Å². The first-order chi connectivity index (χ1) is 14.6. The number of hydrogen-bond donors (Lipinski definition) is 3. The lowest BCUT2D eigenvalue weighted by Gasteiger charge is -2.06. The molecule has 0 aliphatic heterocycles. The Morgan fingerprint density at radius 3 is 2.73 bits per heavy atom. The molecule has 4 aromatic rings. The van der Waals surface area contributed by atoms with E-state index in [0.717, 1.165) is 5.56 Å². The zero-order valence-electron chi connectivity index (χ0n) is 16.4. The van der Waals surface area contributed by atoms with Crippen molar-refractivity contribution in [3.05, 3.63) is 82.0 Å². The fraction of sp³-hybridized carbons (Fsp3) is 0.190. The molecule has 0 saturated carbocycles. The molecule has 3 aromatic heterocycles. The van der Waals surface area contributed by atoms with E-state index in [1.54, 1.807) is 31.5 Å². The molecule has 0 fully saturated rings. The summed E-state index contributed by atoms with van der Waals surface area (Å²) >= 11 is 0. The normalized spacial score (nSPS) is 10.8. The first-order valence-electron chi connectivity index (χ1n) is 9.56. The van der Waals surface area contributed by atoms with Crippen LogP contribution >= 0.6 is 0 Å². The largest absolute Gasteiger partial charge is 0.351 e. The van der Waals surface area contributed by atoms with Crippen molar-refractivity contribution < 1.29 is 4.79 Å². The summed E-state index contributed by atoms with van der Waals surface area (Å²) < 4.78 is 1.30. The second-order valence-corrected chi connectivity index (χ2v) is 6.82. The van der Waals surface area contributed by atoms with Crippen LogP contribution in [0.5, 0.6) is 0 Å². The maximum absolute atomic E-state index is 12.9. The van der Waals surface area contributed by atoms with Crippen molar-refractivity contribution in [3.8, 4) is 0 Å². The van der Waals surface area contributed by atoms with Crippen LogP contribution in [0.3, 0.4) is 0 Å². The monoisotopic (exact) mass is 403 g/mol. The van der Waals surface area contributed by atoms with Gasteiger partial charge < -0.3 is 10.6 Å². The van der Waals surface area contributed by atoms with Gasteiger partial charge in [0.1, 0.15) is 0 Å². The molecule has 0 bridgehead atoms. The number of nitrogens with zero attached hydrogens (tertiary/aromatic N) is 4. The van der Waals surface area contributed by atoms with Crippen LogP contribution < -0.4 is 16.2 Å². The molecule has 0 spiro atoms. The molecule has 9 heteroatoms. The number of amides is 1. The second-order valence-electron chi connectivity index (χ2n) is 6.82. The third-order valence-corrected chi connectivity index (χ3v) is 4.65. The van der Waals surface area contributed by atoms with E-state index in [-0.39, 0.29) is 30.1 Å². The molecular formula is C21H21N7O2. The summed E-state index contributed by atoms with van der Waals surface area (Å²) in [7, 11) is 0. The minimum absolute atomic E-state index is 0.159. The van der Waals surface area contributed by atoms with Crippen LogP contribution in [0.2, 0.25) is 0 Å². The maximum atomic E-state index is 12.9. The number of carbonyl (C=O) groups is 1. The van der Waals surface area contributed by atoms with Gasteiger partial charge in [-0.1, -0.05) is 30.3 Å². The van der Waals surface area contributed by atoms with Crippen molar-refractivity contribution in [2.24, 2.45) is 0 Å². The Bertz CT molecular complexity index is 1220. The van der Waals surface area contributed by atoms with Crippen molar-refractivity contribution in [1.29, 1.82) is 0 Å². The zero-order valence-corrected chi connectivity index (χ0v) is 16.4. The number of hydrogen-bond acceptors (Lipinski definition) is 6. The fourth-order valence-electron chi connectivity index (χ4n) is 3.10. The molecule has 152 valence electrons. The Labute approximate surface area is 172 Å². The highest BCUT2D eigenvalue weighted by molar-refractivity contribution is 5.90. The Hall–Kier alpha value is -4.01. The minimum Gasteiger partial charge on any atom is -0.351 e. The standard InChI is InChI=1S/C21H21N7O2/c1-14-17(9-10-18(29)25-16-8-5-11-22-13-16)19(30)28-21(24-14)26-20(27-28)23-12-15-6-3-2-4-7-15/h2-8,11,13H,9-10,12H2,1H3,(H,25,29)(H2,23,24,26,27). The van der Waals surface area contributed by atoms with Crippen molar-refractivity contribution in [2.45, 2.75) is 26.3 Å². The van der Waals surface area contributed by atoms with E-state index in [9.17, 15) is 9.59 Å². The predicted molar refractivity (Wildman–Crippen MR) is 113 cm³/mol. The van der Waals surface area contributed by atoms with Crippen LogP contribution in [0.25, 0.3) is 5.78 Å². The summed E-state index contributed by atoms with van der Waals surface area (Å²) in [5.74, 6) is 0.549. The lowest BCUT2D eigenvalue weighted by Crippen LogP contribution is -2.23. The van der Waals surface area contributed by atoms with Gasteiger partial charge in [0.15, 0.2) is 0 Å². The highest BCUT2D eigenvalue weighted by Crippen LogP contribution is 2.10. The van der Waals surface area contributed by atoms with E-state index >= 15 is 0 Å². The van der Waals surface area contributed by atoms with Crippen molar-refractivity contribution in [1.82, 2.24) is 24.6 Å². The van der Waals surface area contributed by atoms with E-state index in [4.69, 9.17) is 0 Å². The lowest BCUT2D eigenvalue weighted by atomic mass is 10.1. The third kappa shape index (κ3) is 4.35. The zero-order chi connectivity index (χ0) is 20.9. The predicted octanol–water partition coefficient (Wildman–Crippen LogP) is 2.30. The summed E-state index contributed by atoms with van der Waals surface area (Å²) in [6, 6.07) is 13.4. The topological polar surface area (TPSA) is 117 Å². The molecular weight excluding hydrogens is 382 g/mol. The Morgan fingerprint density at radius 1 is 1.13 bits per heavy atom.